The van der Waals surface area contributed by atoms with E-state index in [1.807, 2.05) is 11.4 Å². The van der Waals surface area contributed by atoms with Gasteiger partial charge in [0, 0.05) is 24.2 Å². The summed E-state index contributed by atoms with van der Waals surface area (Å²) in [6.45, 7) is 5.20. The van der Waals surface area contributed by atoms with E-state index in [-0.39, 0.29) is 0 Å². The van der Waals surface area contributed by atoms with Crippen LogP contribution in [0.5, 0.6) is 0 Å². The molecule has 0 aliphatic heterocycles. The first-order valence-electron chi connectivity index (χ1n) is 7.19. The summed E-state index contributed by atoms with van der Waals surface area (Å²) in [5, 5.41) is 9.52. The van der Waals surface area contributed by atoms with Crippen LogP contribution in [0.4, 0.5) is 0 Å². The van der Waals surface area contributed by atoms with E-state index in [1.54, 1.807) is 17.5 Å². The van der Waals surface area contributed by atoms with E-state index in [2.05, 4.69) is 40.4 Å². The summed E-state index contributed by atoms with van der Waals surface area (Å²) in [4.78, 5) is 8.90. The van der Waals surface area contributed by atoms with Gasteiger partial charge in [-0.15, -0.1) is 11.3 Å². The maximum atomic E-state index is 5.37. The number of nitrogens with zero attached hydrogens (tertiary/aromatic N) is 3. The summed E-state index contributed by atoms with van der Waals surface area (Å²) in [5.74, 6) is 1.28. The van der Waals surface area contributed by atoms with Crippen molar-refractivity contribution in [2.24, 2.45) is 0 Å². The van der Waals surface area contributed by atoms with Crippen molar-refractivity contribution in [3.05, 3.63) is 29.6 Å². The minimum Gasteiger partial charge on any atom is -0.339 e. The first kappa shape index (κ1) is 14.2. The molecule has 1 unspecified atom stereocenters. The lowest BCUT2D eigenvalue weighted by molar-refractivity contribution is 0.355. The molecule has 0 spiro atoms. The lowest BCUT2D eigenvalue weighted by Crippen LogP contribution is -2.30. The zero-order valence-corrected chi connectivity index (χ0v) is 13.0. The number of hydrogen-bond donors (Lipinski definition) is 1. The Labute approximate surface area is 127 Å². The fraction of sp³-hybridized carbons (Fsp3) is 0.400. The molecule has 6 heteroatoms. The highest BCUT2D eigenvalue weighted by atomic mass is 32.1. The molecule has 0 aromatic carbocycles. The molecule has 0 saturated carbocycles. The number of aromatic nitrogens is 3. The molecule has 0 bridgehead atoms. The predicted molar refractivity (Wildman–Crippen MR) is 84.4 cm³/mol. The van der Waals surface area contributed by atoms with Gasteiger partial charge in [0.25, 0.3) is 0 Å². The average molecular weight is 302 g/mol. The van der Waals surface area contributed by atoms with Crippen molar-refractivity contribution in [1.82, 2.24) is 20.4 Å². The fourth-order valence-corrected chi connectivity index (χ4v) is 3.06. The minimum atomic E-state index is 0.376. The molecule has 3 heterocycles. The molecule has 21 heavy (non-hydrogen) atoms. The molecule has 3 aromatic rings. The molecule has 1 atom stereocenters. The van der Waals surface area contributed by atoms with Crippen LogP contribution in [0.15, 0.2) is 28.2 Å². The van der Waals surface area contributed by atoms with Crippen LogP contribution in [-0.2, 0) is 6.42 Å². The molecule has 0 aliphatic rings. The predicted octanol–water partition coefficient (Wildman–Crippen LogP) is 3.28. The van der Waals surface area contributed by atoms with Crippen LogP contribution >= 0.6 is 11.3 Å². The number of thiophene rings is 1. The lowest BCUT2D eigenvalue weighted by Gasteiger charge is -2.12. The Kier molecular flexibility index (Phi) is 4.26. The number of pyridine rings is 1. The summed E-state index contributed by atoms with van der Waals surface area (Å²) < 4.78 is 6.50. The van der Waals surface area contributed by atoms with Gasteiger partial charge in [-0.3, -0.25) is 4.98 Å². The van der Waals surface area contributed by atoms with E-state index >= 15 is 0 Å². The quantitative estimate of drug-likeness (QED) is 0.757. The molecule has 1 N–H and O–H groups in total. The highest BCUT2D eigenvalue weighted by Gasteiger charge is 2.14. The second kappa shape index (κ2) is 6.32. The summed E-state index contributed by atoms with van der Waals surface area (Å²) in [7, 11) is 0. The zero-order chi connectivity index (χ0) is 14.7. The standard InChI is InChI=1S/C15H18N4OS/c1-3-11(16-4-2)8-14-18-15(19-20-14)10-7-13-12(17-9-10)5-6-21-13/h5-7,9,11,16H,3-4,8H2,1-2H3. The van der Waals surface area contributed by atoms with E-state index < -0.39 is 0 Å². The summed E-state index contributed by atoms with van der Waals surface area (Å²) in [6.07, 6.45) is 3.59. The number of likely N-dealkylation sites (N-methyl/N-ethyl adjacent to an activating group) is 1. The summed E-state index contributed by atoms with van der Waals surface area (Å²) in [5.41, 5.74) is 1.90. The normalized spacial score (nSPS) is 12.9. The van der Waals surface area contributed by atoms with E-state index in [1.165, 1.54) is 0 Å². The van der Waals surface area contributed by atoms with Gasteiger partial charge in [0.2, 0.25) is 11.7 Å². The SMILES string of the molecule is CCNC(CC)Cc1nc(-c2cnc3ccsc3c2)no1. The maximum Gasteiger partial charge on any atom is 0.228 e. The smallest absolute Gasteiger partial charge is 0.228 e. The van der Waals surface area contributed by atoms with Crippen molar-refractivity contribution >= 4 is 21.6 Å². The van der Waals surface area contributed by atoms with E-state index in [9.17, 15) is 0 Å². The fourth-order valence-electron chi connectivity index (χ4n) is 2.28. The topological polar surface area (TPSA) is 63.8 Å². The van der Waals surface area contributed by atoms with Crippen molar-refractivity contribution in [1.29, 1.82) is 0 Å². The van der Waals surface area contributed by atoms with Crippen LogP contribution < -0.4 is 5.32 Å². The van der Waals surface area contributed by atoms with Crippen molar-refractivity contribution in [3.8, 4) is 11.4 Å². The van der Waals surface area contributed by atoms with E-state index in [0.29, 0.717) is 17.8 Å². The molecule has 5 nitrogen and oxygen atoms in total. The summed E-state index contributed by atoms with van der Waals surface area (Å²) in [6, 6.07) is 4.44. The Hall–Kier alpha value is -1.79. The number of hydrogen-bond acceptors (Lipinski definition) is 6. The number of fused-ring (bicyclic) bond motifs is 1. The number of rotatable bonds is 6. The van der Waals surface area contributed by atoms with Crippen molar-refractivity contribution in [2.45, 2.75) is 32.7 Å². The Morgan fingerprint density at radius 3 is 3.10 bits per heavy atom. The second-order valence-corrected chi connectivity index (χ2v) is 5.85. The Morgan fingerprint density at radius 2 is 2.29 bits per heavy atom. The molecule has 3 rings (SSSR count). The van der Waals surface area contributed by atoms with Crippen LogP contribution in [0.1, 0.15) is 26.2 Å². The molecule has 0 aliphatic carbocycles. The van der Waals surface area contributed by atoms with Gasteiger partial charge in [-0.25, -0.2) is 0 Å². The largest absolute Gasteiger partial charge is 0.339 e. The van der Waals surface area contributed by atoms with Gasteiger partial charge in [-0.2, -0.15) is 4.98 Å². The first-order chi connectivity index (χ1) is 10.3. The Balaban J connectivity index is 1.80. The third kappa shape index (κ3) is 3.11. The minimum absolute atomic E-state index is 0.376. The van der Waals surface area contributed by atoms with Crippen LogP contribution in [-0.4, -0.2) is 27.7 Å². The van der Waals surface area contributed by atoms with Crippen molar-refractivity contribution < 1.29 is 4.52 Å². The van der Waals surface area contributed by atoms with Crippen LogP contribution in [0, 0.1) is 0 Å². The van der Waals surface area contributed by atoms with Crippen molar-refractivity contribution in [3.63, 3.8) is 0 Å². The zero-order valence-electron chi connectivity index (χ0n) is 12.2. The third-order valence-electron chi connectivity index (χ3n) is 3.44. The van der Waals surface area contributed by atoms with Gasteiger partial charge in [0.05, 0.1) is 10.2 Å². The van der Waals surface area contributed by atoms with E-state index in [4.69, 9.17) is 4.52 Å². The van der Waals surface area contributed by atoms with Gasteiger partial charge in [-0.05, 0) is 30.5 Å². The molecule has 3 aromatic heterocycles. The van der Waals surface area contributed by atoms with Crippen LogP contribution in [0.25, 0.3) is 21.6 Å². The average Bonchev–Trinajstić information content (AvgIpc) is 3.14. The maximum absolute atomic E-state index is 5.37. The van der Waals surface area contributed by atoms with Crippen LogP contribution in [0.3, 0.4) is 0 Å². The van der Waals surface area contributed by atoms with Gasteiger partial charge >= 0.3 is 0 Å². The van der Waals surface area contributed by atoms with E-state index in [0.717, 1.165) is 35.2 Å². The highest BCUT2D eigenvalue weighted by molar-refractivity contribution is 7.17. The second-order valence-electron chi connectivity index (χ2n) is 4.91. The van der Waals surface area contributed by atoms with Gasteiger partial charge in [0.1, 0.15) is 0 Å². The monoisotopic (exact) mass is 302 g/mol. The molecular formula is C15H18N4OS. The molecule has 0 fully saturated rings. The molecule has 0 saturated heterocycles. The third-order valence-corrected chi connectivity index (χ3v) is 4.29. The molecule has 110 valence electrons. The van der Waals surface area contributed by atoms with Gasteiger partial charge in [0.15, 0.2) is 0 Å². The number of nitrogens with one attached hydrogen (secondary N) is 1. The Bertz CT molecular complexity index is 721. The van der Waals surface area contributed by atoms with Gasteiger partial charge in [-0.1, -0.05) is 19.0 Å². The molecular weight excluding hydrogens is 284 g/mol. The van der Waals surface area contributed by atoms with Crippen LogP contribution in [0.2, 0.25) is 0 Å². The molecule has 0 radical (unpaired) electrons. The summed E-state index contributed by atoms with van der Waals surface area (Å²) >= 11 is 1.67. The molecule has 0 amide bonds. The first-order valence-corrected chi connectivity index (χ1v) is 8.07. The highest BCUT2D eigenvalue weighted by Crippen LogP contribution is 2.24. The van der Waals surface area contributed by atoms with Crippen molar-refractivity contribution in [2.75, 3.05) is 6.54 Å². The van der Waals surface area contributed by atoms with Gasteiger partial charge < -0.3 is 9.84 Å². The lowest BCUT2D eigenvalue weighted by atomic mass is 10.1. The Morgan fingerprint density at radius 1 is 1.38 bits per heavy atom.